The quantitative estimate of drug-likeness (QED) is 0.784. The van der Waals surface area contributed by atoms with E-state index in [-0.39, 0.29) is 5.78 Å². The second kappa shape index (κ2) is 4.71. The van der Waals surface area contributed by atoms with Crippen molar-refractivity contribution < 1.29 is 9.53 Å². The number of thiazole rings is 1. The van der Waals surface area contributed by atoms with E-state index in [4.69, 9.17) is 4.74 Å². The van der Waals surface area contributed by atoms with Gasteiger partial charge in [0.05, 0.1) is 12.8 Å². The second-order valence-electron chi connectivity index (χ2n) is 3.64. The van der Waals surface area contributed by atoms with Gasteiger partial charge in [-0.2, -0.15) is 4.98 Å². The summed E-state index contributed by atoms with van der Waals surface area (Å²) >= 11 is 1.38. The van der Waals surface area contributed by atoms with E-state index in [0.29, 0.717) is 17.2 Å². The average Bonchev–Trinajstić information content (AvgIpc) is 2.93. The van der Waals surface area contributed by atoms with Crippen molar-refractivity contribution in [1.82, 2.24) is 9.55 Å². The lowest BCUT2D eigenvalue weighted by Gasteiger charge is -1.96. The molecule has 0 saturated heterocycles. The zero-order valence-electron chi connectivity index (χ0n) is 10.1. The van der Waals surface area contributed by atoms with Crippen LogP contribution >= 0.6 is 11.3 Å². The molecular formula is C12H14N2O2S. The van der Waals surface area contributed by atoms with Gasteiger partial charge in [-0.1, -0.05) is 6.92 Å². The highest BCUT2D eigenvalue weighted by Crippen LogP contribution is 2.33. The fraction of sp³-hybridized carbons (Fsp3) is 0.333. The van der Waals surface area contributed by atoms with E-state index in [1.807, 2.05) is 36.9 Å². The summed E-state index contributed by atoms with van der Waals surface area (Å²) in [6.45, 7) is 1.84. The van der Waals surface area contributed by atoms with Gasteiger partial charge in [0.1, 0.15) is 9.88 Å². The van der Waals surface area contributed by atoms with Crippen LogP contribution in [-0.4, -0.2) is 22.4 Å². The third-order valence-electron chi connectivity index (χ3n) is 2.53. The van der Waals surface area contributed by atoms with Crippen LogP contribution in [0.3, 0.4) is 0 Å². The van der Waals surface area contributed by atoms with E-state index in [9.17, 15) is 4.79 Å². The molecule has 2 rings (SSSR count). The van der Waals surface area contributed by atoms with Crippen molar-refractivity contribution in [3.63, 3.8) is 0 Å². The van der Waals surface area contributed by atoms with Crippen LogP contribution in [0.5, 0.6) is 5.88 Å². The lowest BCUT2D eigenvalue weighted by Crippen LogP contribution is -1.96. The third-order valence-corrected chi connectivity index (χ3v) is 3.63. The first-order valence-corrected chi connectivity index (χ1v) is 6.18. The van der Waals surface area contributed by atoms with Gasteiger partial charge in [-0.3, -0.25) is 4.79 Å². The molecule has 0 radical (unpaired) electrons. The van der Waals surface area contributed by atoms with E-state index >= 15 is 0 Å². The van der Waals surface area contributed by atoms with Gasteiger partial charge in [0.25, 0.3) is 0 Å². The van der Waals surface area contributed by atoms with Crippen molar-refractivity contribution in [2.75, 3.05) is 7.11 Å². The predicted molar refractivity (Wildman–Crippen MR) is 67.7 cm³/mol. The van der Waals surface area contributed by atoms with Gasteiger partial charge in [0, 0.05) is 19.7 Å². The molecule has 90 valence electrons. The van der Waals surface area contributed by atoms with Crippen molar-refractivity contribution >= 4 is 17.1 Å². The molecule has 0 aliphatic rings. The molecular weight excluding hydrogens is 236 g/mol. The number of ether oxygens (including phenoxy) is 1. The highest BCUT2D eigenvalue weighted by atomic mass is 32.1. The topological polar surface area (TPSA) is 44.1 Å². The zero-order valence-corrected chi connectivity index (χ0v) is 10.9. The van der Waals surface area contributed by atoms with Gasteiger partial charge in [0.2, 0.25) is 5.88 Å². The number of hydrogen-bond donors (Lipinski definition) is 0. The van der Waals surface area contributed by atoms with Crippen LogP contribution in [-0.2, 0) is 7.05 Å². The van der Waals surface area contributed by atoms with E-state index in [0.717, 1.165) is 10.7 Å². The number of Topliss-reactive ketones (excluding diaryl/α,β-unsaturated/α-hetero) is 1. The van der Waals surface area contributed by atoms with Gasteiger partial charge in [0.15, 0.2) is 5.78 Å². The minimum atomic E-state index is 0.0693. The van der Waals surface area contributed by atoms with Crippen LogP contribution in [0.4, 0.5) is 0 Å². The van der Waals surface area contributed by atoms with Crippen LogP contribution in [0.15, 0.2) is 18.3 Å². The second-order valence-corrected chi connectivity index (χ2v) is 4.64. The highest BCUT2D eigenvalue weighted by molar-refractivity contribution is 7.17. The van der Waals surface area contributed by atoms with Crippen LogP contribution in [0.2, 0.25) is 0 Å². The number of hydrogen-bond acceptors (Lipinski definition) is 4. The summed E-state index contributed by atoms with van der Waals surface area (Å²) in [4.78, 5) is 16.7. The summed E-state index contributed by atoms with van der Waals surface area (Å²) in [5.74, 6) is 0.498. The lowest BCUT2D eigenvalue weighted by atomic mass is 10.3. The van der Waals surface area contributed by atoms with Gasteiger partial charge in [-0.05, 0) is 12.1 Å². The Hall–Kier alpha value is -1.62. The van der Waals surface area contributed by atoms with E-state index in [2.05, 4.69) is 4.98 Å². The Kier molecular flexibility index (Phi) is 3.28. The molecule has 2 heterocycles. The maximum Gasteiger partial charge on any atom is 0.236 e. The predicted octanol–water partition coefficient (Wildman–Crippen LogP) is 2.75. The number of aromatic nitrogens is 2. The summed E-state index contributed by atoms with van der Waals surface area (Å²) in [7, 11) is 3.49. The Morgan fingerprint density at radius 2 is 2.35 bits per heavy atom. The van der Waals surface area contributed by atoms with Crippen molar-refractivity contribution in [3.05, 3.63) is 23.2 Å². The molecule has 0 bridgehead atoms. The number of rotatable bonds is 4. The minimum absolute atomic E-state index is 0.0693. The number of carbonyl (C=O) groups excluding carboxylic acids is 1. The van der Waals surface area contributed by atoms with Gasteiger partial charge < -0.3 is 9.30 Å². The summed E-state index contributed by atoms with van der Waals surface area (Å²) in [6.07, 6.45) is 2.41. The molecule has 0 amide bonds. The molecule has 0 fully saturated rings. The number of ketones is 1. The smallest absolute Gasteiger partial charge is 0.236 e. The molecule has 0 aliphatic carbocycles. The van der Waals surface area contributed by atoms with Crippen molar-refractivity contribution in [3.8, 4) is 16.6 Å². The molecule has 0 atom stereocenters. The summed E-state index contributed by atoms with van der Waals surface area (Å²) < 4.78 is 7.13. The number of nitrogens with zero attached hydrogens (tertiary/aromatic N) is 2. The minimum Gasteiger partial charge on any atom is -0.480 e. The SMILES string of the molecule is CCC(=O)c1sc(-c2cccn2C)nc1OC. The molecule has 0 saturated carbocycles. The number of methoxy groups -OCH3 is 1. The maximum atomic E-state index is 11.7. The zero-order chi connectivity index (χ0) is 12.4. The molecule has 2 aromatic rings. The first-order valence-electron chi connectivity index (χ1n) is 5.37. The van der Waals surface area contributed by atoms with Gasteiger partial charge >= 0.3 is 0 Å². The van der Waals surface area contributed by atoms with Crippen molar-refractivity contribution in [2.24, 2.45) is 7.05 Å². The number of carbonyl (C=O) groups is 1. The largest absolute Gasteiger partial charge is 0.480 e. The molecule has 0 aliphatic heterocycles. The molecule has 5 heteroatoms. The Bertz CT molecular complexity index is 542. The Labute approximate surface area is 104 Å². The molecule has 0 unspecified atom stereocenters. The fourth-order valence-electron chi connectivity index (χ4n) is 1.57. The maximum absolute atomic E-state index is 11.7. The Morgan fingerprint density at radius 3 is 2.88 bits per heavy atom. The molecule has 4 nitrogen and oxygen atoms in total. The monoisotopic (exact) mass is 250 g/mol. The first-order chi connectivity index (χ1) is 8.17. The number of aryl methyl sites for hydroxylation is 1. The normalized spacial score (nSPS) is 10.5. The van der Waals surface area contributed by atoms with Crippen LogP contribution in [0.25, 0.3) is 10.7 Å². The first kappa shape index (κ1) is 11.9. The van der Waals surface area contributed by atoms with Crippen molar-refractivity contribution in [2.45, 2.75) is 13.3 Å². The average molecular weight is 250 g/mol. The summed E-state index contributed by atoms with van der Waals surface area (Å²) in [5, 5.41) is 0.811. The van der Waals surface area contributed by atoms with Crippen molar-refractivity contribution in [1.29, 1.82) is 0 Å². The fourth-order valence-corrected chi connectivity index (χ4v) is 2.69. The molecule has 0 aromatic carbocycles. The van der Waals surface area contributed by atoms with Crippen LogP contribution < -0.4 is 4.74 Å². The van der Waals surface area contributed by atoms with E-state index in [1.165, 1.54) is 18.4 Å². The standard InChI is InChI=1S/C12H14N2O2S/c1-4-9(15)10-11(16-3)13-12(17-10)8-6-5-7-14(8)2/h5-7H,4H2,1-3H3. The third kappa shape index (κ3) is 2.10. The molecule has 17 heavy (non-hydrogen) atoms. The highest BCUT2D eigenvalue weighted by Gasteiger charge is 2.19. The molecule has 2 aromatic heterocycles. The Balaban J connectivity index is 2.48. The summed E-state index contributed by atoms with van der Waals surface area (Å²) in [5.41, 5.74) is 0.989. The molecule has 0 N–H and O–H groups in total. The van der Waals surface area contributed by atoms with Gasteiger partial charge in [-0.25, -0.2) is 0 Å². The molecule has 0 spiro atoms. The van der Waals surface area contributed by atoms with Crippen LogP contribution in [0, 0.1) is 0 Å². The van der Waals surface area contributed by atoms with E-state index < -0.39 is 0 Å². The van der Waals surface area contributed by atoms with Crippen LogP contribution in [0.1, 0.15) is 23.0 Å². The van der Waals surface area contributed by atoms with Gasteiger partial charge in [-0.15, -0.1) is 11.3 Å². The van der Waals surface area contributed by atoms with E-state index in [1.54, 1.807) is 0 Å². The Morgan fingerprint density at radius 1 is 1.59 bits per heavy atom. The summed E-state index contributed by atoms with van der Waals surface area (Å²) in [6, 6.07) is 3.92. The lowest BCUT2D eigenvalue weighted by molar-refractivity contribution is 0.0989.